The normalized spacial score (nSPS) is 16.2. The van der Waals surface area contributed by atoms with Crippen LogP contribution in [0.25, 0.3) is 0 Å². The van der Waals surface area contributed by atoms with Crippen molar-refractivity contribution < 1.29 is 18.8 Å². The van der Waals surface area contributed by atoms with Gasteiger partial charge >= 0.3 is 0 Å². The van der Waals surface area contributed by atoms with E-state index < -0.39 is 0 Å². The Bertz CT molecular complexity index is 754. The van der Waals surface area contributed by atoms with Crippen molar-refractivity contribution in [3.8, 4) is 11.5 Å². The summed E-state index contributed by atoms with van der Waals surface area (Å²) in [5.74, 6) is 2.78. The molecule has 1 aliphatic carbocycles. The Kier molecular flexibility index (Phi) is 5.26. The van der Waals surface area contributed by atoms with Gasteiger partial charge in [-0.25, -0.2) is 0 Å². The minimum absolute atomic E-state index is 0.180. The fraction of sp³-hybridized carbons (Fsp3) is 0.474. The quantitative estimate of drug-likeness (QED) is 0.872. The predicted octanol–water partition coefficient (Wildman–Crippen LogP) is 2.79. The third-order valence-corrected chi connectivity index (χ3v) is 4.67. The van der Waals surface area contributed by atoms with Gasteiger partial charge in [0.2, 0.25) is 0 Å². The fourth-order valence-electron chi connectivity index (χ4n) is 3.23. The zero-order valence-corrected chi connectivity index (χ0v) is 14.9. The van der Waals surface area contributed by atoms with Gasteiger partial charge in [0, 0.05) is 18.5 Å². The number of carbonyl (C=O) groups is 1. The number of carbonyl (C=O) groups excluding carboxylic acids is 1. The Labute approximate surface area is 147 Å². The first-order chi connectivity index (χ1) is 12.1. The maximum atomic E-state index is 12.5. The molecule has 1 amide bonds. The average molecular weight is 344 g/mol. The summed E-state index contributed by atoms with van der Waals surface area (Å²) in [6.45, 7) is 2.67. The summed E-state index contributed by atoms with van der Waals surface area (Å²) in [4.78, 5) is 12.5. The third kappa shape index (κ3) is 3.78. The molecule has 1 aromatic heterocycles. The summed E-state index contributed by atoms with van der Waals surface area (Å²) in [5, 5.41) is 6.92. The molecule has 0 saturated heterocycles. The smallest absolute Gasteiger partial charge is 0.273 e. The Morgan fingerprint density at radius 2 is 2.20 bits per heavy atom. The van der Waals surface area contributed by atoms with Gasteiger partial charge in [-0.05, 0) is 48.9 Å². The Hall–Kier alpha value is -2.50. The number of nitrogens with zero attached hydrogens (tertiary/aromatic N) is 1. The van der Waals surface area contributed by atoms with Crippen LogP contribution in [0.15, 0.2) is 22.7 Å². The maximum Gasteiger partial charge on any atom is 0.273 e. The molecule has 0 radical (unpaired) electrons. The first-order valence-electron chi connectivity index (χ1n) is 8.59. The molecule has 1 aromatic carbocycles. The van der Waals surface area contributed by atoms with E-state index in [-0.39, 0.29) is 5.91 Å². The molecule has 0 fully saturated rings. The fourth-order valence-corrected chi connectivity index (χ4v) is 3.23. The lowest BCUT2D eigenvalue weighted by Crippen LogP contribution is -2.27. The minimum atomic E-state index is -0.180. The van der Waals surface area contributed by atoms with Gasteiger partial charge in [0.05, 0.1) is 14.2 Å². The Balaban J connectivity index is 1.63. The monoisotopic (exact) mass is 344 g/mol. The number of hydrogen-bond acceptors (Lipinski definition) is 5. The van der Waals surface area contributed by atoms with Gasteiger partial charge < -0.3 is 19.3 Å². The topological polar surface area (TPSA) is 73.6 Å². The molecular weight excluding hydrogens is 320 g/mol. The lowest BCUT2D eigenvalue weighted by Gasteiger charge is -2.16. The van der Waals surface area contributed by atoms with Crippen LogP contribution < -0.4 is 14.8 Å². The van der Waals surface area contributed by atoms with Crippen molar-refractivity contribution in [2.45, 2.75) is 32.6 Å². The SMILES string of the molecule is COc1ccc(OC)c(CCNC(=O)c2noc3c2C[C@@H](C)CC3)c1. The molecule has 6 heteroatoms. The van der Waals surface area contributed by atoms with Crippen molar-refractivity contribution in [3.63, 3.8) is 0 Å². The summed E-state index contributed by atoms with van der Waals surface area (Å²) >= 11 is 0. The summed E-state index contributed by atoms with van der Waals surface area (Å²) in [7, 11) is 3.26. The van der Waals surface area contributed by atoms with E-state index in [0.717, 1.165) is 47.6 Å². The van der Waals surface area contributed by atoms with Crippen LogP contribution in [0, 0.1) is 5.92 Å². The van der Waals surface area contributed by atoms with E-state index in [9.17, 15) is 4.79 Å². The first kappa shape index (κ1) is 17.3. The third-order valence-electron chi connectivity index (χ3n) is 4.67. The van der Waals surface area contributed by atoms with Gasteiger partial charge in [-0.1, -0.05) is 12.1 Å². The number of amides is 1. The van der Waals surface area contributed by atoms with Gasteiger partial charge in [-0.2, -0.15) is 0 Å². The average Bonchev–Trinajstić information content (AvgIpc) is 3.04. The predicted molar refractivity (Wildman–Crippen MR) is 93.3 cm³/mol. The molecule has 3 rings (SSSR count). The first-order valence-corrected chi connectivity index (χ1v) is 8.59. The lowest BCUT2D eigenvalue weighted by molar-refractivity contribution is 0.0944. The number of aryl methyl sites for hydroxylation is 1. The van der Waals surface area contributed by atoms with Crippen molar-refractivity contribution in [3.05, 3.63) is 40.8 Å². The zero-order chi connectivity index (χ0) is 17.8. The molecule has 0 aliphatic heterocycles. The van der Waals surface area contributed by atoms with E-state index in [1.165, 1.54) is 0 Å². The molecule has 0 bridgehead atoms. The molecule has 1 aliphatic rings. The van der Waals surface area contributed by atoms with Crippen LogP contribution in [0.3, 0.4) is 0 Å². The number of ether oxygens (including phenoxy) is 2. The molecule has 1 heterocycles. The summed E-state index contributed by atoms with van der Waals surface area (Å²) < 4.78 is 16.0. The molecule has 134 valence electrons. The van der Waals surface area contributed by atoms with E-state index in [0.29, 0.717) is 24.6 Å². The molecule has 25 heavy (non-hydrogen) atoms. The number of benzene rings is 1. The summed E-state index contributed by atoms with van der Waals surface area (Å²) in [5.41, 5.74) is 2.38. The number of hydrogen-bond donors (Lipinski definition) is 1. The Morgan fingerprint density at radius 3 is 2.96 bits per heavy atom. The van der Waals surface area contributed by atoms with E-state index in [1.807, 2.05) is 18.2 Å². The molecule has 6 nitrogen and oxygen atoms in total. The van der Waals surface area contributed by atoms with E-state index >= 15 is 0 Å². The second-order valence-electron chi connectivity index (χ2n) is 6.46. The van der Waals surface area contributed by atoms with Crippen molar-refractivity contribution in [2.24, 2.45) is 5.92 Å². The second-order valence-corrected chi connectivity index (χ2v) is 6.46. The van der Waals surface area contributed by atoms with Gasteiger partial charge in [0.25, 0.3) is 5.91 Å². The summed E-state index contributed by atoms with van der Waals surface area (Å²) in [6, 6.07) is 5.64. The minimum Gasteiger partial charge on any atom is -0.497 e. The summed E-state index contributed by atoms with van der Waals surface area (Å²) in [6.07, 6.45) is 3.44. The van der Waals surface area contributed by atoms with Crippen LogP contribution in [0.4, 0.5) is 0 Å². The molecule has 1 atom stereocenters. The number of methoxy groups -OCH3 is 2. The number of nitrogens with one attached hydrogen (secondary N) is 1. The molecule has 1 N–H and O–H groups in total. The van der Waals surface area contributed by atoms with Gasteiger partial charge in [-0.15, -0.1) is 0 Å². The largest absolute Gasteiger partial charge is 0.497 e. The van der Waals surface area contributed by atoms with E-state index in [1.54, 1.807) is 14.2 Å². The van der Waals surface area contributed by atoms with Crippen LogP contribution in [0.1, 0.15) is 40.7 Å². The van der Waals surface area contributed by atoms with Crippen molar-refractivity contribution >= 4 is 5.91 Å². The van der Waals surface area contributed by atoms with Crippen molar-refractivity contribution in [1.29, 1.82) is 0 Å². The van der Waals surface area contributed by atoms with Gasteiger partial charge in [0.1, 0.15) is 17.3 Å². The van der Waals surface area contributed by atoms with Gasteiger partial charge in [-0.3, -0.25) is 4.79 Å². The molecular formula is C19H24N2O4. The number of fused-ring (bicyclic) bond motifs is 1. The highest BCUT2D eigenvalue weighted by Crippen LogP contribution is 2.28. The van der Waals surface area contributed by atoms with E-state index in [2.05, 4.69) is 17.4 Å². The van der Waals surface area contributed by atoms with Crippen LogP contribution in [0.2, 0.25) is 0 Å². The van der Waals surface area contributed by atoms with Crippen LogP contribution in [-0.4, -0.2) is 31.8 Å². The second kappa shape index (κ2) is 7.59. The molecule has 0 unspecified atom stereocenters. The van der Waals surface area contributed by atoms with Crippen LogP contribution in [0.5, 0.6) is 11.5 Å². The number of aromatic nitrogens is 1. The number of rotatable bonds is 6. The Morgan fingerprint density at radius 1 is 1.36 bits per heavy atom. The highest BCUT2D eigenvalue weighted by molar-refractivity contribution is 5.93. The molecule has 0 spiro atoms. The maximum absolute atomic E-state index is 12.5. The highest BCUT2D eigenvalue weighted by Gasteiger charge is 2.26. The molecule has 0 saturated carbocycles. The van der Waals surface area contributed by atoms with Crippen molar-refractivity contribution in [2.75, 3.05) is 20.8 Å². The van der Waals surface area contributed by atoms with Crippen LogP contribution in [-0.2, 0) is 19.3 Å². The zero-order valence-electron chi connectivity index (χ0n) is 14.9. The van der Waals surface area contributed by atoms with E-state index in [4.69, 9.17) is 14.0 Å². The van der Waals surface area contributed by atoms with Crippen molar-refractivity contribution in [1.82, 2.24) is 10.5 Å². The highest BCUT2D eigenvalue weighted by atomic mass is 16.5. The van der Waals surface area contributed by atoms with Crippen LogP contribution >= 0.6 is 0 Å². The lowest BCUT2D eigenvalue weighted by atomic mass is 9.88. The standard InChI is InChI=1S/C19H24N2O4/c1-12-4-6-17-15(10-12)18(21-25-17)19(22)20-9-8-13-11-14(23-2)5-7-16(13)24-3/h5,7,11-12H,4,6,8-10H2,1-3H3,(H,20,22)/t12-/m0/s1. The van der Waals surface area contributed by atoms with Gasteiger partial charge in [0.15, 0.2) is 5.69 Å². The molecule has 2 aromatic rings.